The summed E-state index contributed by atoms with van der Waals surface area (Å²) in [6.45, 7) is 5.65. The summed E-state index contributed by atoms with van der Waals surface area (Å²) in [4.78, 5) is 2.54. The maximum absolute atomic E-state index is 5.72. The summed E-state index contributed by atoms with van der Waals surface area (Å²) in [6, 6.07) is 10.7. The molecule has 1 aromatic rings. The highest BCUT2D eigenvalue weighted by Crippen LogP contribution is 2.44. The molecule has 1 unspecified atom stereocenters. The Bertz CT molecular complexity index is 354. The van der Waals surface area contributed by atoms with E-state index in [2.05, 4.69) is 42.2 Å². The lowest BCUT2D eigenvalue weighted by Crippen LogP contribution is -2.38. The lowest BCUT2D eigenvalue weighted by Gasteiger charge is -2.30. The summed E-state index contributed by atoms with van der Waals surface area (Å²) in [5, 5.41) is 0. The number of epoxide rings is 1. The van der Waals surface area contributed by atoms with Gasteiger partial charge >= 0.3 is 0 Å². The smallest absolute Gasteiger partial charge is 0.0969 e. The van der Waals surface area contributed by atoms with Crippen molar-refractivity contribution >= 4 is 0 Å². The van der Waals surface area contributed by atoms with E-state index in [0.717, 1.165) is 6.54 Å². The van der Waals surface area contributed by atoms with Crippen molar-refractivity contribution in [3.8, 4) is 0 Å². The highest BCUT2D eigenvalue weighted by Gasteiger charge is 2.54. The SMILES string of the molecule is CC1OC12CCN(Cc1ccccc1)CC2. The van der Waals surface area contributed by atoms with E-state index < -0.39 is 0 Å². The molecule has 16 heavy (non-hydrogen) atoms. The number of benzene rings is 1. The largest absolute Gasteiger partial charge is 0.366 e. The Hall–Kier alpha value is -0.860. The first-order valence-corrected chi connectivity index (χ1v) is 6.23. The number of piperidine rings is 1. The van der Waals surface area contributed by atoms with E-state index in [4.69, 9.17) is 4.74 Å². The minimum Gasteiger partial charge on any atom is -0.366 e. The van der Waals surface area contributed by atoms with Gasteiger partial charge in [0.15, 0.2) is 0 Å². The summed E-state index contributed by atoms with van der Waals surface area (Å²) >= 11 is 0. The molecule has 1 spiro atoms. The number of ether oxygens (including phenoxy) is 1. The number of rotatable bonds is 2. The molecule has 0 aliphatic carbocycles. The highest BCUT2D eigenvalue weighted by molar-refractivity contribution is 5.15. The van der Waals surface area contributed by atoms with Crippen LogP contribution in [0.25, 0.3) is 0 Å². The van der Waals surface area contributed by atoms with Gasteiger partial charge in [-0.15, -0.1) is 0 Å². The fraction of sp³-hybridized carbons (Fsp3) is 0.571. The van der Waals surface area contributed by atoms with Gasteiger partial charge < -0.3 is 4.74 Å². The molecule has 1 atom stereocenters. The molecule has 0 saturated carbocycles. The predicted octanol–water partition coefficient (Wildman–Crippen LogP) is 2.44. The van der Waals surface area contributed by atoms with E-state index in [1.54, 1.807) is 0 Å². The third kappa shape index (κ3) is 1.87. The van der Waals surface area contributed by atoms with Crippen molar-refractivity contribution in [2.75, 3.05) is 13.1 Å². The molecule has 0 amide bonds. The first kappa shape index (κ1) is 10.3. The van der Waals surface area contributed by atoms with E-state index in [-0.39, 0.29) is 5.60 Å². The molecule has 2 nitrogen and oxygen atoms in total. The molecule has 2 saturated heterocycles. The van der Waals surface area contributed by atoms with Gasteiger partial charge in [-0.05, 0) is 25.3 Å². The van der Waals surface area contributed by atoms with E-state index in [9.17, 15) is 0 Å². The first-order valence-electron chi connectivity index (χ1n) is 6.23. The molecule has 2 heterocycles. The standard InChI is InChI=1S/C14H19NO/c1-12-14(16-12)7-9-15(10-8-14)11-13-5-3-2-4-6-13/h2-6,12H,7-11H2,1H3. The average Bonchev–Trinajstić information content (AvgIpc) is 2.94. The van der Waals surface area contributed by atoms with Crippen molar-refractivity contribution < 1.29 is 4.74 Å². The van der Waals surface area contributed by atoms with E-state index in [1.165, 1.54) is 31.5 Å². The maximum Gasteiger partial charge on any atom is 0.0969 e. The van der Waals surface area contributed by atoms with Gasteiger partial charge in [0.25, 0.3) is 0 Å². The van der Waals surface area contributed by atoms with Crippen LogP contribution >= 0.6 is 0 Å². The molecule has 0 aromatic heterocycles. The Morgan fingerprint density at radius 3 is 2.44 bits per heavy atom. The molecule has 2 aliphatic heterocycles. The van der Waals surface area contributed by atoms with Gasteiger partial charge in [-0.25, -0.2) is 0 Å². The van der Waals surface area contributed by atoms with Gasteiger partial charge in [0.1, 0.15) is 0 Å². The van der Waals surface area contributed by atoms with Crippen molar-refractivity contribution in [2.24, 2.45) is 0 Å². The van der Waals surface area contributed by atoms with Crippen LogP contribution in [0, 0.1) is 0 Å². The second kappa shape index (κ2) is 3.86. The van der Waals surface area contributed by atoms with Crippen LogP contribution in [0.2, 0.25) is 0 Å². The Morgan fingerprint density at radius 2 is 1.88 bits per heavy atom. The van der Waals surface area contributed by atoms with Gasteiger partial charge in [-0.1, -0.05) is 30.3 Å². The molecular weight excluding hydrogens is 198 g/mol. The van der Waals surface area contributed by atoms with Crippen LogP contribution in [0.3, 0.4) is 0 Å². The van der Waals surface area contributed by atoms with Gasteiger partial charge in [-0.3, -0.25) is 4.90 Å². The van der Waals surface area contributed by atoms with Crippen molar-refractivity contribution in [1.82, 2.24) is 4.90 Å². The zero-order valence-electron chi connectivity index (χ0n) is 9.86. The van der Waals surface area contributed by atoms with Crippen molar-refractivity contribution in [3.05, 3.63) is 35.9 Å². The van der Waals surface area contributed by atoms with E-state index >= 15 is 0 Å². The van der Waals surface area contributed by atoms with Crippen LogP contribution in [0.15, 0.2) is 30.3 Å². The van der Waals surface area contributed by atoms with Crippen LogP contribution in [0.1, 0.15) is 25.3 Å². The fourth-order valence-electron chi connectivity index (χ4n) is 2.77. The number of likely N-dealkylation sites (tertiary alicyclic amines) is 1. The summed E-state index contributed by atoms with van der Waals surface area (Å²) in [7, 11) is 0. The number of hydrogen-bond acceptors (Lipinski definition) is 2. The molecule has 2 heteroatoms. The van der Waals surface area contributed by atoms with Crippen molar-refractivity contribution in [1.29, 1.82) is 0 Å². The van der Waals surface area contributed by atoms with Crippen LogP contribution < -0.4 is 0 Å². The summed E-state index contributed by atoms with van der Waals surface area (Å²) in [5.74, 6) is 0. The van der Waals surface area contributed by atoms with Gasteiger partial charge in [-0.2, -0.15) is 0 Å². The van der Waals surface area contributed by atoms with Gasteiger partial charge in [0.2, 0.25) is 0 Å². The summed E-state index contributed by atoms with van der Waals surface area (Å²) in [6.07, 6.45) is 2.92. The third-order valence-corrected chi connectivity index (χ3v) is 4.05. The normalized spacial score (nSPS) is 28.2. The molecule has 2 aliphatic rings. The van der Waals surface area contributed by atoms with Gasteiger partial charge in [0, 0.05) is 19.6 Å². The Balaban J connectivity index is 1.55. The molecule has 3 rings (SSSR count). The third-order valence-electron chi connectivity index (χ3n) is 4.05. The highest BCUT2D eigenvalue weighted by atomic mass is 16.6. The van der Waals surface area contributed by atoms with E-state index in [1.807, 2.05) is 0 Å². The minimum absolute atomic E-state index is 0.271. The Kier molecular flexibility index (Phi) is 2.49. The zero-order valence-corrected chi connectivity index (χ0v) is 9.86. The lowest BCUT2D eigenvalue weighted by molar-refractivity contribution is 0.141. The molecule has 0 N–H and O–H groups in total. The van der Waals surface area contributed by atoms with Crippen LogP contribution in [-0.2, 0) is 11.3 Å². The topological polar surface area (TPSA) is 15.8 Å². The maximum atomic E-state index is 5.72. The number of hydrogen-bond donors (Lipinski definition) is 0. The second-order valence-corrected chi connectivity index (χ2v) is 5.09. The minimum atomic E-state index is 0.271. The molecule has 86 valence electrons. The van der Waals surface area contributed by atoms with Crippen LogP contribution in [0.4, 0.5) is 0 Å². The Labute approximate surface area is 97.2 Å². The monoisotopic (exact) mass is 217 g/mol. The zero-order chi connectivity index (χ0) is 11.0. The molecule has 0 radical (unpaired) electrons. The van der Waals surface area contributed by atoms with E-state index in [0.29, 0.717) is 6.10 Å². The van der Waals surface area contributed by atoms with Crippen molar-refractivity contribution in [2.45, 2.75) is 38.0 Å². The Morgan fingerprint density at radius 1 is 1.25 bits per heavy atom. The first-order chi connectivity index (χ1) is 7.78. The number of nitrogens with zero attached hydrogens (tertiary/aromatic N) is 1. The molecule has 1 aromatic carbocycles. The van der Waals surface area contributed by atoms with Crippen LogP contribution in [-0.4, -0.2) is 29.7 Å². The predicted molar refractivity (Wildman–Crippen MR) is 64.2 cm³/mol. The lowest BCUT2D eigenvalue weighted by atomic mass is 9.93. The molecule has 0 bridgehead atoms. The van der Waals surface area contributed by atoms with Gasteiger partial charge in [0.05, 0.1) is 11.7 Å². The van der Waals surface area contributed by atoms with Crippen LogP contribution in [0.5, 0.6) is 0 Å². The fourth-order valence-corrected chi connectivity index (χ4v) is 2.77. The summed E-state index contributed by atoms with van der Waals surface area (Å²) < 4.78 is 5.72. The summed E-state index contributed by atoms with van der Waals surface area (Å²) in [5.41, 5.74) is 1.69. The average molecular weight is 217 g/mol. The quantitative estimate of drug-likeness (QED) is 0.707. The molecule has 2 fully saturated rings. The molecular formula is C14H19NO. The second-order valence-electron chi connectivity index (χ2n) is 5.09. The van der Waals surface area contributed by atoms with Crippen molar-refractivity contribution in [3.63, 3.8) is 0 Å².